The molecule has 1 saturated heterocycles. The summed E-state index contributed by atoms with van der Waals surface area (Å²) in [6, 6.07) is 4.16. The first-order valence-corrected chi connectivity index (χ1v) is 7.59. The van der Waals surface area contributed by atoms with E-state index in [4.69, 9.17) is 4.98 Å². The van der Waals surface area contributed by atoms with Gasteiger partial charge in [0.25, 0.3) is 0 Å². The second-order valence-electron chi connectivity index (χ2n) is 6.01. The first-order chi connectivity index (χ1) is 9.81. The number of hydrogen-bond donors (Lipinski definition) is 1. The van der Waals surface area contributed by atoms with Gasteiger partial charge in [0, 0.05) is 36.8 Å². The van der Waals surface area contributed by atoms with Gasteiger partial charge in [-0.3, -0.25) is 0 Å². The number of aliphatic hydroxyl groups excluding tert-OH is 1. The lowest BCUT2D eigenvalue weighted by Crippen LogP contribution is -2.24. The highest BCUT2D eigenvalue weighted by Crippen LogP contribution is 2.35. The monoisotopic (exact) mass is 272 g/mol. The first kappa shape index (κ1) is 12.1. The van der Waals surface area contributed by atoms with E-state index in [9.17, 15) is 5.11 Å². The summed E-state index contributed by atoms with van der Waals surface area (Å²) in [5.41, 5.74) is 2.12. The van der Waals surface area contributed by atoms with E-state index in [0.29, 0.717) is 12.5 Å². The number of aromatic nitrogens is 3. The molecule has 0 radical (unpaired) electrons. The molecule has 0 amide bonds. The van der Waals surface area contributed by atoms with Gasteiger partial charge in [-0.05, 0) is 19.3 Å². The van der Waals surface area contributed by atoms with Crippen molar-refractivity contribution in [3.05, 3.63) is 24.0 Å². The molecule has 1 N–H and O–H groups in total. The number of rotatable bonds is 2. The van der Waals surface area contributed by atoms with Gasteiger partial charge in [-0.15, -0.1) is 0 Å². The smallest absolute Gasteiger partial charge is 0.157 e. The minimum absolute atomic E-state index is 0.219. The Morgan fingerprint density at radius 3 is 2.80 bits per heavy atom. The van der Waals surface area contributed by atoms with E-state index in [1.165, 1.54) is 31.4 Å². The minimum Gasteiger partial charge on any atom is -0.391 e. The van der Waals surface area contributed by atoms with Gasteiger partial charge in [-0.2, -0.15) is 9.61 Å². The fourth-order valence-electron chi connectivity index (χ4n) is 3.52. The third-order valence-corrected chi connectivity index (χ3v) is 4.62. The summed E-state index contributed by atoms with van der Waals surface area (Å²) in [5.74, 6) is 1.68. The Morgan fingerprint density at radius 2 is 2.05 bits per heavy atom. The highest BCUT2D eigenvalue weighted by atomic mass is 16.3. The SMILES string of the molecule is OC1CCN(c2cc(C3CCCC3)nc3ccnn23)C1. The molecular weight excluding hydrogens is 252 g/mol. The normalized spacial score (nSPS) is 24.1. The molecule has 1 saturated carbocycles. The summed E-state index contributed by atoms with van der Waals surface area (Å²) in [7, 11) is 0. The van der Waals surface area contributed by atoms with Gasteiger partial charge in [0.2, 0.25) is 0 Å². The molecule has 1 atom stereocenters. The van der Waals surface area contributed by atoms with E-state index in [2.05, 4.69) is 16.1 Å². The van der Waals surface area contributed by atoms with E-state index in [1.807, 2.05) is 10.6 Å². The summed E-state index contributed by atoms with van der Waals surface area (Å²) >= 11 is 0. The van der Waals surface area contributed by atoms with Gasteiger partial charge >= 0.3 is 0 Å². The molecule has 1 aliphatic heterocycles. The third kappa shape index (κ3) is 1.97. The lowest BCUT2D eigenvalue weighted by atomic mass is 10.0. The predicted octanol–water partition coefficient (Wildman–Crippen LogP) is 1.96. The van der Waals surface area contributed by atoms with Crippen molar-refractivity contribution in [1.82, 2.24) is 14.6 Å². The van der Waals surface area contributed by atoms with Crippen LogP contribution in [-0.4, -0.2) is 38.9 Å². The zero-order valence-corrected chi connectivity index (χ0v) is 11.6. The summed E-state index contributed by atoms with van der Waals surface area (Å²) in [6.07, 6.45) is 7.55. The topological polar surface area (TPSA) is 53.7 Å². The van der Waals surface area contributed by atoms with Crippen LogP contribution in [0, 0.1) is 0 Å². The van der Waals surface area contributed by atoms with Gasteiger partial charge in [-0.25, -0.2) is 4.98 Å². The summed E-state index contributed by atoms with van der Waals surface area (Å²) < 4.78 is 1.90. The zero-order valence-electron chi connectivity index (χ0n) is 11.6. The maximum atomic E-state index is 9.78. The second-order valence-corrected chi connectivity index (χ2v) is 6.01. The molecule has 2 fully saturated rings. The van der Waals surface area contributed by atoms with Crippen molar-refractivity contribution >= 4 is 11.5 Å². The maximum absolute atomic E-state index is 9.78. The van der Waals surface area contributed by atoms with Crippen LogP contribution in [0.4, 0.5) is 5.82 Å². The molecular formula is C15H20N4O. The number of fused-ring (bicyclic) bond motifs is 1. The van der Waals surface area contributed by atoms with Crippen molar-refractivity contribution in [3.63, 3.8) is 0 Å². The third-order valence-electron chi connectivity index (χ3n) is 4.62. The molecule has 1 aliphatic carbocycles. The van der Waals surface area contributed by atoms with Crippen molar-refractivity contribution in [3.8, 4) is 0 Å². The standard InChI is InChI=1S/C15H20N4O/c20-12-6-8-18(10-12)15-9-13(11-3-1-2-4-11)17-14-5-7-16-19(14)15/h5,7,9,11-12,20H,1-4,6,8,10H2. The average molecular weight is 272 g/mol. The number of nitrogens with zero attached hydrogens (tertiary/aromatic N) is 4. The Balaban J connectivity index is 1.78. The molecule has 20 heavy (non-hydrogen) atoms. The van der Waals surface area contributed by atoms with Crippen LogP contribution in [0.25, 0.3) is 5.65 Å². The van der Waals surface area contributed by atoms with Gasteiger partial charge < -0.3 is 10.0 Å². The quantitative estimate of drug-likeness (QED) is 0.908. The Hall–Kier alpha value is -1.62. The summed E-state index contributed by atoms with van der Waals surface area (Å²) in [5, 5.41) is 14.2. The van der Waals surface area contributed by atoms with Crippen LogP contribution >= 0.6 is 0 Å². The van der Waals surface area contributed by atoms with Crippen LogP contribution in [0.3, 0.4) is 0 Å². The van der Waals surface area contributed by atoms with E-state index < -0.39 is 0 Å². The first-order valence-electron chi connectivity index (χ1n) is 7.59. The zero-order chi connectivity index (χ0) is 13.5. The van der Waals surface area contributed by atoms with E-state index in [1.54, 1.807) is 6.20 Å². The number of anilines is 1. The van der Waals surface area contributed by atoms with Gasteiger partial charge in [-0.1, -0.05) is 12.8 Å². The van der Waals surface area contributed by atoms with Crippen molar-refractivity contribution in [2.75, 3.05) is 18.0 Å². The van der Waals surface area contributed by atoms with Crippen LogP contribution < -0.4 is 4.90 Å². The van der Waals surface area contributed by atoms with Crippen LogP contribution in [0.1, 0.15) is 43.7 Å². The molecule has 106 valence electrons. The van der Waals surface area contributed by atoms with Crippen molar-refractivity contribution in [2.45, 2.75) is 44.1 Å². The molecule has 3 heterocycles. The van der Waals surface area contributed by atoms with E-state index >= 15 is 0 Å². The molecule has 0 spiro atoms. The van der Waals surface area contributed by atoms with E-state index in [-0.39, 0.29) is 6.10 Å². The van der Waals surface area contributed by atoms with Gasteiger partial charge in [0.15, 0.2) is 5.65 Å². The van der Waals surface area contributed by atoms with Gasteiger partial charge in [0.1, 0.15) is 5.82 Å². The van der Waals surface area contributed by atoms with Crippen LogP contribution in [-0.2, 0) is 0 Å². The van der Waals surface area contributed by atoms with Crippen molar-refractivity contribution < 1.29 is 5.11 Å². The average Bonchev–Trinajstić information content (AvgIpc) is 3.18. The Morgan fingerprint density at radius 1 is 1.20 bits per heavy atom. The van der Waals surface area contributed by atoms with Gasteiger partial charge in [0.05, 0.1) is 12.3 Å². The molecule has 2 aliphatic rings. The molecule has 5 nitrogen and oxygen atoms in total. The lowest BCUT2D eigenvalue weighted by Gasteiger charge is -2.20. The van der Waals surface area contributed by atoms with Crippen LogP contribution in [0.2, 0.25) is 0 Å². The molecule has 1 unspecified atom stereocenters. The summed E-state index contributed by atoms with van der Waals surface area (Å²) in [6.45, 7) is 1.59. The number of β-amino-alcohol motifs (C(OH)–C–C–N with tert-alkyl or cyclic N) is 1. The fraction of sp³-hybridized carbons (Fsp3) is 0.600. The maximum Gasteiger partial charge on any atom is 0.157 e. The molecule has 2 aromatic rings. The number of hydrogen-bond acceptors (Lipinski definition) is 4. The van der Waals surface area contributed by atoms with Crippen LogP contribution in [0.15, 0.2) is 18.3 Å². The molecule has 5 heteroatoms. The minimum atomic E-state index is -0.219. The fourth-order valence-corrected chi connectivity index (χ4v) is 3.52. The van der Waals surface area contributed by atoms with Crippen LogP contribution in [0.5, 0.6) is 0 Å². The van der Waals surface area contributed by atoms with E-state index in [0.717, 1.165) is 24.4 Å². The molecule has 2 aromatic heterocycles. The highest BCUT2D eigenvalue weighted by Gasteiger charge is 2.25. The second kappa shape index (κ2) is 4.74. The highest BCUT2D eigenvalue weighted by molar-refractivity contribution is 5.52. The number of aliphatic hydroxyl groups is 1. The predicted molar refractivity (Wildman–Crippen MR) is 77.0 cm³/mol. The Labute approximate surface area is 118 Å². The van der Waals surface area contributed by atoms with Crippen molar-refractivity contribution in [2.24, 2.45) is 0 Å². The van der Waals surface area contributed by atoms with Crippen molar-refractivity contribution in [1.29, 1.82) is 0 Å². The molecule has 0 aromatic carbocycles. The summed E-state index contributed by atoms with van der Waals surface area (Å²) in [4.78, 5) is 7.01. The Kier molecular flexibility index (Phi) is 2.88. The Bertz CT molecular complexity index is 617. The molecule has 0 bridgehead atoms. The largest absolute Gasteiger partial charge is 0.391 e. The lowest BCUT2D eigenvalue weighted by molar-refractivity contribution is 0.198. The molecule has 4 rings (SSSR count).